The van der Waals surface area contributed by atoms with Gasteiger partial charge in [-0.1, -0.05) is 11.3 Å². The van der Waals surface area contributed by atoms with Crippen LogP contribution < -0.4 is 4.90 Å². The summed E-state index contributed by atoms with van der Waals surface area (Å²) in [6, 6.07) is 1.99. The van der Waals surface area contributed by atoms with E-state index in [4.69, 9.17) is 4.74 Å². The van der Waals surface area contributed by atoms with Crippen molar-refractivity contribution in [2.45, 2.75) is 6.42 Å². The summed E-state index contributed by atoms with van der Waals surface area (Å²) >= 11 is 1.67. The topological polar surface area (TPSA) is 58.6 Å². The fourth-order valence-corrected chi connectivity index (χ4v) is 4.05. The molecule has 0 aliphatic carbocycles. The molecule has 0 aromatic carbocycles. The van der Waals surface area contributed by atoms with Crippen molar-refractivity contribution in [3.63, 3.8) is 0 Å². The third kappa shape index (κ3) is 2.55. The molecule has 2 aromatic heterocycles. The fraction of sp³-hybridized carbons (Fsp3) is 0.533. The van der Waals surface area contributed by atoms with Crippen molar-refractivity contribution in [3.05, 3.63) is 18.5 Å². The highest BCUT2D eigenvalue weighted by atomic mass is 32.1. The van der Waals surface area contributed by atoms with E-state index in [9.17, 15) is 4.79 Å². The largest absolute Gasteiger partial charge is 0.378 e. The molecular weight excluding hydrogens is 300 g/mol. The number of fused-ring (bicyclic) bond motifs is 1. The standard InChI is InChI=1S/C15H18N4O2S/c20-14(18-5-7-21-8-6-18)11-2-4-19(10-11)15-17-12-9-16-3-1-13(12)22-15/h1,3,9,11H,2,4-8,10H2. The predicted molar refractivity (Wildman–Crippen MR) is 85.1 cm³/mol. The number of rotatable bonds is 2. The number of carbonyl (C=O) groups excluding carboxylic acids is 1. The first-order chi connectivity index (χ1) is 10.8. The molecular formula is C15H18N4O2S. The third-order valence-electron chi connectivity index (χ3n) is 4.31. The molecule has 0 spiro atoms. The molecule has 0 saturated carbocycles. The van der Waals surface area contributed by atoms with Crippen molar-refractivity contribution in [1.29, 1.82) is 0 Å². The smallest absolute Gasteiger partial charge is 0.227 e. The second-order valence-corrected chi connectivity index (χ2v) is 6.72. The number of hydrogen-bond acceptors (Lipinski definition) is 6. The van der Waals surface area contributed by atoms with Crippen LogP contribution in [-0.2, 0) is 9.53 Å². The zero-order chi connectivity index (χ0) is 14.9. The van der Waals surface area contributed by atoms with Crippen molar-refractivity contribution >= 4 is 32.6 Å². The van der Waals surface area contributed by atoms with Crippen molar-refractivity contribution in [2.75, 3.05) is 44.3 Å². The Morgan fingerprint density at radius 3 is 3.00 bits per heavy atom. The molecule has 2 aliphatic rings. The zero-order valence-corrected chi connectivity index (χ0v) is 13.1. The lowest BCUT2D eigenvalue weighted by molar-refractivity contribution is -0.138. The first-order valence-electron chi connectivity index (χ1n) is 7.63. The number of nitrogens with zero attached hydrogens (tertiary/aromatic N) is 4. The highest BCUT2D eigenvalue weighted by molar-refractivity contribution is 7.22. The minimum atomic E-state index is 0.0863. The van der Waals surface area contributed by atoms with Gasteiger partial charge in [0.2, 0.25) is 5.91 Å². The van der Waals surface area contributed by atoms with E-state index >= 15 is 0 Å². The van der Waals surface area contributed by atoms with E-state index in [1.807, 2.05) is 11.0 Å². The van der Waals surface area contributed by atoms with E-state index < -0.39 is 0 Å². The molecule has 1 atom stereocenters. The lowest BCUT2D eigenvalue weighted by atomic mass is 10.1. The molecule has 7 heteroatoms. The molecule has 4 rings (SSSR count). The van der Waals surface area contributed by atoms with Gasteiger partial charge in [0.05, 0.1) is 30.0 Å². The molecule has 2 aromatic rings. The van der Waals surface area contributed by atoms with E-state index in [2.05, 4.69) is 14.9 Å². The van der Waals surface area contributed by atoms with Crippen LogP contribution in [0.4, 0.5) is 5.13 Å². The van der Waals surface area contributed by atoms with E-state index in [-0.39, 0.29) is 11.8 Å². The third-order valence-corrected chi connectivity index (χ3v) is 5.41. The molecule has 116 valence electrons. The van der Waals surface area contributed by atoms with Crippen LogP contribution in [0.1, 0.15) is 6.42 Å². The van der Waals surface area contributed by atoms with Gasteiger partial charge in [0, 0.05) is 32.4 Å². The highest BCUT2D eigenvalue weighted by Crippen LogP contribution is 2.32. The Hall–Kier alpha value is -1.73. The lowest BCUT2D eigenvalue weighted by Crippen LogP contribution is -2.44. The van der Waals surface area contributed by atoms with Gasteiger partial charge in [-0.3, -0.25) is 9.78 Å². The van der Waals surface area contributed by atoms with Crippen LogP contribution in [0.25, 0.3) is 10.2 Å². The minimum absolute atomic E-state index is 0.0863. The number of amides is 1. The van der Waals surface area contributed by atoms with Gasteiger partial charge in [0.1, 0.15) is 5.52 Å². The molecule has 4 heterocycles. The molecule has 1 amide bonds. The maximum atomic E-state index is 12.6. The second-order valence-electron chi connectivity index (χ2n) is 5.71. The van der Waals surface area contributed by atoms with Gasteiger partial charge in [-0.2, -0.15) is 0 Å². The Morgan fingerprint density at radius 1 is 1.32 bits per heavy atom. The van der Waals surface area contributed by atoms with Gasteiger partial charge in [-0.25, -0.2) is 4.98 Å². The number of aromatic nitrogens is 2. The summed E-state index contributed by atoms with van der Waals surface area (Å²) in [5.74, 6) is 0.358. The number of anilines is 1. The summed E-state index contributed by atoms with van der Waals surface area (Å²) in [5, 5.41) is 1.00. The number of thiazole rings is 1. The van der Waals surface area contributed by atoms with Crippen LogP contribution >= 0.6 is 11.3 Å². The Kier molecular flexibility index (Phi) is 3.67. The van der Waals surface area contributed by atoms with Crippen molar-refractivity contribution in [3.8, 4) is 0 Å². The monoisotopic (exact) mass is 318 g/mol. The predicted octanol–water partition coefficient (Wildman–Crippen LogP) is 1.38. The van der Waals surface area contributed by atoms with Gasteiger partial charge >= 0.3 is 0 Å². The molecule has 2 saturated heterocycles. The molecule has 0 bridgehead atoms. The van der Waals surface area contributed by atoms with Crippen LogP contribution in [0.3, 0.4) is 0 Å². The van der Waals surface area contributed by atoms with Gasteiger partial charge < -0.3 is 14.5 Å². The van der Waals surface area contributed by atoms with Crippen molar-refractivity contribution in [2.24, 2.45) is 5.92 Å². The van der Waals surface area contributed by atoms with Gasteiger partial charge in [0.25, 0.3) is 0 Å². The summed E-state index contributed by atoms with van der Waals surface area (Å²) in [6.45, 7) is 4.43. The summed E-state index contributed by atoms with van der Waals surface area (Å²) in [4.78, 5) is 25.5. The van der Waals surface area contributed by atoms with E-state index in [0.29, 0.717) is 13.2 Å². The molecule has 1 unspecified atom stereocenters. The number of carbonyl (C=O) groups is 1. The minimum Gasteiger partial charge on any atom is -0.378 e. The van der Waals surface area contributed by atoms with Crippen LogP contribution in [0.15, 0.2) is 18.5 Å². The van der Waals surface area contributed by atoms with E-state index in [1.54, 1.807) is 23.7 Å². The second kappa shape index (κ2) is 5.81. The highest BCUT2D eigenvalue weighted by Gasteiger charge is 2.33. The summed E-state index contributed by atoms with van der Waals surface area (Å²) in [5.41, 5.74) is 0.936. The zero-order valence-electron chi connectivity index (χ0n) is 12.3. The first kappa shape index (κ1) is 13.9. The quantitative estimate of drug-likeness (QED) is 0.837. The Morgan fingerprint density at radius 2 is 2.18 bits per heavy atom. The van der Waals surface area contributed by atoms with Crippen molar-refractivity contribution < 1.29 is 9.53 Å². The van der Waals surface area contributed by atoms with E-state index in [0.717, 1.165) is 47.9 Å². The van der Waals surface area contributed by atoms with Crippen LogP contribution in [0.5, 0.6) is 0 Å². The number of pyridine rings is 1. The van der Waals surface area contributed by atoms with Crippen molar-refractivity contribution in [1.82, 2.24) is 14.9 Å². The van der Waals surface area contributed by atoms with Gasteiger partial charge in [-0.15, -0.1) is 0 Å². The molecule has 0 radical (unpaired) electrons. The Balaban J connectivity index is 1.46. The molecule has 6 nitrogen and oxygen atoms in total. The molecule has 22 heavy (non-hydrogen) atoms. The van der Waals surface area contributed by atoms with Gasteiger partial charge in [0.15, 0.2) is 5.13 Å². The summed E-state index contributed by atoms with van der Waals surface area (Å²) in [7, 11) is 0. The number of ether oxygens (including phenoxy) is 1. The fourth-order valence-electron chi connectivity index (χ4n) is 3.08. The lowest BCUT2D eigenvalue weighted by Gasteiger charge is -2.29. The Labute approximate surface area is 132 Å². The SMILES string of the molecule is O=C(C1CCN(c2nc3cnccc3s2)C1)N1CCOCC1. The van der Waals surface area contributed by atoms with Crippen LogP contribution in [0.2, 0.25) is 0 Å². The maximum Gasteiger partial charge on any atom is 0.227 e. The Bertz CT molecular complexity index is 650. The van der Waals surface area contributed by atoms with Crippen LogP contribution in [-0.4, -0.2) is 60.2 Å². The number of hydrogen-bond donors (Lipinski definition) is 0. The van der Waals surface area contributed by atoms with E-state index in [1.165, 1.54) is 0 Å². The molecule has 0 N–H and O–H groups in total. The summed E-state index contributed by atoms with van der Waals surface area (Å²) < 4.78 is 6.46. The van der Waals surface area contributed by atoms with Gasteiger partial charge in [-0.05, 0) is 12.5 Å². The molecule has 2 aliphatic heterocycles. The number of morpholine rings is 1. The average molecular weight is 318 g/mol. The molecule has 2 fully saturated rings. The first-order valence-corrected chi connectivity index (χ1v) is 8.45. The summed E-state index contributed by atoms with van der Waals surface area (Å²) in [6.07, 6.45) is 4.49. The maximum absolute atomic E-state index is 12.6. The van der Waals surface area contributed by atoms with Crippen LogP contribution in [0, 0.1) is 5.92 Å². The average Bonchev–Trinajstić information content (AvgIpc) is 3.21. The normalized spacial score (nSPS) is 22.5.